The number of hydrogen-bond acceptors (Lipinski definition) is 2. The zero-order valence-electron chi connectivity index (χ0n) is 12.0. The number of halogens is 1. The summed E-state index contributed by atoms with van der Waals surface area (Å²) in [7, 11) is 0. The minimum atomic E-state index is 0. The highest BCUT2D eigenvalue weighted by Crippen LogP contribution is 2.23. The van der Waals surface area contributed by atoms with Gasteiger partial charge in [-0.3, -0.25) is 4.79 Å². The van der Waals surface area contributed by atoms with Crippen molar-refractivity contribution in [2.45, 2.75) is 39.3 Å². The van der Waals surface area contributed by atoms with E-state index in [9.17, 15) is 4.79 Å². The van der Waals surface area contributed by atoms with Crippen molar-refractivity contribution in [2.24, 2.45) is 5.92 Å². The van der Waals surface area contributed by atoms with Crippen LogP contribution in [0.25, 0.3) is 0 Å². The normalized spacial score (nSPS) is 18.6. The standard InChI is InChI=1S/C16H22N2O.ClH/c1-2-12-5-7-18(8-6-12)16(19)13-3-4-14-10-17-11-15(14)9-13;/h3-4,9,12,17H,2,5-8,10-11H2,1H3;1H. The van der Waals surface area contributed by atoms with Crippen molar-refractivity contribution in [2.75, 3.05) is 13.1 Å². The van der Waals surface area contributed by atoms with Crippen LogP contribution in [-0.4, -0.2) is 23.9 Å². The predicted octanol–water partition coefficient (Wildman–Crippen LogP) is 2.97. The highest BCUT2D eigenvalue weighted by atomic mass is 35.5. The van der Waals surface area contributed by atoms with Gasteiger partial charge in [-0.15, -0.1) is 12.4 Å². The van der Waals surface area contributed by atoms with Gasteiger partial charge in [0.2, 0.25) is 0 Å². The fourth-order valence-electron chi connectivity index (χ4n) is 3.15. The molecule has 0 bridgehead atoms. The molecule has 0 radical (unpaired) electrons. The summed E-state index contributed by atoms with van der Waals surface area (Å²) >= 11 is 0. The van der Waals surface area contributed by atoms with E-state index in [-0.39, 0.29) is 18.3 Å². The molecule has 0 spiro atoms. The van der Waals surface area contributed by atoms with Crippen molar-refractivity contribution in [3.63, 3.8) is 0 Å². The Morgan fingerprint density at radius 3 is 2.65 bits per heavy atom. The van der Waals surface area contributed by atoms with Gasteiger partial charge >= 0.3 is 0 Å². The highest BCUT2D eigenvalue weighted by molar-refractivity contribution is 5.94. The second-order valence-corrected chi connectivity index (χ2v) is 5.73. The number of piperidine rings is 1. The molecule has 110 valence electrons. The van der Waals surface area contributed by atoms with Crippen molar-refractivity contribution >= 4 is 18.3 Å². The second kappa shape index (κ2) is 6.59. The van der Waals surface area contributed by atoms with E-state index in [0.717, 1.165) is 50.5 Å². The number of nitrogens with zero attached hydrogens (tertiary/aromatic N) is 1. The van der Waals surface area contributed by atoms with Gasteiger partial charge in [-0.1, -0.05) is 19.4 Å². The number of carbonyl (C=O) groups is 1. The van der Waals surface area contributed by atoms with E-state index < -0.39 is 0 Å². The lowest BCUT2D eigenvalue weighted by Gasteiger charge is -2.31. The topological polar surface area (TPSA) is 32.3 Å². The van der Waals surface area contributed by atoms with Crippen molar-refractivity contribution < 1.29 is 4.79 Å². The summed E-state index contributed by atoms with van der Waals surface area (Å²) in [6.45, 7) is 5.93. The summed E-state index contributed by atoms with van der Waals surface area (Å²) in [6.07, 6.45) is 3.57. The summed E-state index contributed by atoms with van der Waals surface area (Å²) in [5, 5.41) is 3.32. The lowest BCUT2D eigenvalue weighted by molar-refractivity contribution is 0.0688. The van der Waals surface area contributed by atoms with Gasteiger partial charge in [0.15, 0.2) is 0 Å². The lowest BCUT2D eigenvalue weighted by Crippen LogP contribution is -2.38. The van der Waals surface area contributed by atoms with Crippen LogP contribution in [-0.2, 0) is 13.1 Å². The summed E-state index contributed by atoms with van der Waals surface area (Å²) < 4.78 is 0. The molecule has 2 aliphatic rings. The first kappa shape index (κ1) is 15.3. The molecule has 3 nitrogen and oxygen atoms in total. The number of rotatable bonds is 2. The molecule has 0 aromatic heterocycles. The molecule has 0 unspecified atom stereocenters. The Morgan fingerprint density at radius 2 is 1.95 bits per heavy atom. The average molecular weight is 295 g/mol. The van der Waals surface area contributed by atoms with Crippen LogP contribution in [0.15, 0.2) is 18.2 Å². The predicted molar refractivity (Wildman–Crippen MR) is 83.2 cm³/mol. The molecule has 0 aliphatic carbocycles. The van der Waals surface area contributed by atoms with E-state index in [2.05, 4.69) is 24.4 Å². The summed E-state index contributed by atoms with van der Waals surface area (Å²) in [4.78, 5) is 14.5. The smallest absolute Gasteiger partial charge is 0.253 e. The maximum Gasteiger partial charge on any atom is 0.253 e. The number of carbonyl (C=O) groups excluding carboxylic acids is 1. The highest BCUT2D eigenvalue weighted by Gasteiger charge is 2.23. The fraction of sp³-hybridized carbons (Fsp3) is 0.562. The second-order valence-electron chi connectivity index (χ2n) is 5.73. The minimum absolute atomic E-state index is 0. The molecule has 20 heavy (non-hydrogen) atoms. The van der Waals surface area contributed by atoms with E-state index in [1.807, 2.05) is 11.0 Å². The van der Waals surface area contributed by atoms with E-state index in [1.54, 1.807) is 0 Å². The van der Waals surface area contributed by atoms with Crippen molar-refractivity contribution in [3.8, 4) is 0 Å². The van der Waals surface area contributed by atoms with Crippen LogP contribution in [0.1, 0.15) is 47.7 Å². The zero-order valence-corrected chi connectivity index (χ0v) is 12.8. The molecule has 1 aromatic rings. The third-order valence-corrected chi connectivity index (χ3v) is 4.56. The molecule has 2 aliphatic heterocycles. The Balaban J connectivity index is 0.00000147. The maximum absolute atomic E-state index is 12.5. The molecular weight excluding hydrogens is 272 g/mol. The van der Waals surface area contributed by atoms with E-state index >= 15 is 0 Å². The minimum Gasteiger partial charge on any atom is -0.339 e. The van der Waals surface area contributed by atoms with E-state index in [0.29, 0.717) is 0 Å². The molecule has 1 aromatic carbocycles. The molecule has 0 atom stereocenters. The Hall–Kier alpha value is -1.06. The number of fused-ring (bicyclic) bond motifs is 1. The van der Waals surface area contributed by atoms with Crippen LogP contribution in [0.2, 0.25) is 0 Å². The average Bonchev–Trinajstić information content (AvgIpc) is 2.94. The molecule has 2 heterocycles. The van der Waals surface area contributed by atoms with Crippen molar-refractivity contribution in [1.82, 2.24) is 10.2 Å². The van der Waals surface area contributed by atoms with Crippen LogP contribution >= 0.6 is 12.4 Å². The van der Waals surface area contributed by atoms with Crippen LogP contribution in [0.4, 0.5) is 0 Å². The van der Waals surface area contributed by atoms with Gasteiger partial charge in [0.1, 0.15) is 0 Å². The van der Waals surface area contributed by atoms with Crippen LogP contribution < -0.4 is 5.32 Å². The van der Waals surface area contributed by atoms with Gasteiger partial charge in [0.25, 0.3) is 5.91 Å². The van der Waals surface area contributed by atoms with Gasteiger partial charge < -0.3 is 10.2 Å². The quantitative estimate of drug-likeness (QED) is 0.909. The van der Waals surface area contributed by atoms with Gasteiger partial charge in [-0.2, -0.15) is 0 Å². The maximum atomic E-state index is 12.5. The molecule has 1 amide bonds. The molecule has 3 rings (SSSR count). The van der Waals surface area contributed by atoms with Crippen LogP contribution in [0.3, 0.4) is 0 Å². The van der Waals surface area contributed by atoms with Gasteiger partial charge in [-0.25, -0.2) is 0 Å². The Labute approximate surface area is 127 Å². The number of benzene rings is 1. The molecule has 4 heteroatoms. The third kappa shape index (κ3) is 2.99. The molecule has 1 N–H and O–H groups in total. The Morgan fingerprint density at radius 1 is 1.25 bits per heavy atom. The zero-order chi connectivity index (χ0) is 13.2. The Bertz CT molecular complexity index is 481. The van der Waals surface area contributed by atoms with Crippen molar-refractivity contribution in [1.29, 1.82) is 0 Å². The molecule has 1 saturated heterocycles. The largest absolute Gasteiger partial charge is 0.339 e. The van der Waals surface area contributed by atoms with Gasteiger partial charge in [0.05, 0.1) is 0 Å². The Kier molecular flexibility index (Phi) is 5.06. The van der Waals surface area contributed by atoms with Crippen LogP contribution in [0.5, 0.6) is 0 Å². The van der Waals surface area contributed by atoms with Crippen LogP contribution in [0, 0.1) is 5.92 Å². The van der Waals surface area contributed by atoms with Gasteiger partial charge in [0, 0.05) is 31.7 Å². The number of likely N-dealkylation sites (tertiary alicyclic amines) is 1. The summed E-state index contributed by atoms with van der Waals surface area (Å²) in [6, 6.07) is 6.16. The summed E-state index contributed by atoms with van der Waals surface area (Å²) in [5.41, 5.74) is 3.48. The molecular formula is C16H23ClN2O. The molecule has 1 fully saturated rings. The van der Waals surface area contributed by atoms with E-state index in [1.165, 1.54) is 17.5 Å². The van der Waals surface area contributed by atoms with Crippen molar-refractivity contribution in [3.05, 3.63) is 34.9 Å². The monoisotopic (exact) mass is 294 g/mol. The fourth-order valence-corrected chi connectivity index (χ4v) is 3.15. The number of hydrogen-bond donors (Lipinski definition) is 1. The summed E-state index contributed by atoms with van der Waals surface area (Å²) in [5.74, 6) is 1.03. The SMILES string of the molecule is CCC1CCN(C(=O)c2ccc3c(c2)CNC3)CC1.Cl. The first-order valence-electron chi connectivity index (χ1n) is 7.39. The first-order valence-corrected chi connectivity index (χ1v) is 7.39. The first-order chi connectivity index (χ1) is 9.28. The number of amides is 1. The number of nitrogens with one attached hydrogen (secondary N) is 1. The van der Waals surface area contributed by atoms with Gasteiger partial charge in [-0.05, 0) is 42.0 Å². The molecule has 0 saturated carbocycles. The van der Waals surface area contributed by atoms with E-state index in [4.69, 9.17) is 0 Å². The lowest BCUT2D eigenvalue weighted by atomic mass is 9.94. The third-order valence-electron chi connectivity index (χ3n) is 4.56.